The van der Waals surface area contributed by atoms with Gasteiger partial charge < -0.3 is 10.4 Å². The van der Waals surface area contributed by atoms with E-state index in [1.54, 1.807) is 42.5 Å². The Kier molecular flexibility index (Phi) is 7.83. The van der Waals surface area contributed by atoms with Crippen molar-refractivity contribution < 1.29 is 23.9 Å². The smallest absolute Gasteiger partial charge is 0.320 e. The van der Waals surface area contributed by atoms with Gasteiger partial charge >= 0.3 is 5.97 Å². The van der Waals surface area contributed by atoms with Gasteiger partial charge in [0.25, 0.3) is 5.91 Å². The number of hydrogen-bond donors (Lipinski definition) is 3. The predicted octanol–water partition coefficient (Wildman–Crippen LogP) is 3.77. The highest BCUT2D eigenvalue weighted by Crippen LogP contribution is 2.19. The van der Waals surface area contributed by atoms with Gasteiger partial charge in [0.1, 0.15) is 11.9 Å². The third kappa shape index (κ3) is 6.33. The molecule has 0 bridgehead atoms. The van der Waals surface area contributed by atoms with E-state index in [1.165, 1.54) is 6.07 Å². The Morgan fingerprint density at radius 3 is 2.12 bits per heavy atom. The van der Waals surface area contributed by atoms with Crippen LogP contribution >= 0.6 is 0 Å². The maximum Gasteiger partial charge on any atom is 0.320 e. The summed E-state index contributed by atoms with van der Waals surface area (Å²) in [5.74, 6) is -2.73. The van der Waals surface area contributed by atoms with E-state index >= 15 is 0 Å². The normalized spacial score (nSPS) is 11.5. The minimum Gasteiger partial charge on any atom is -0.480 e. The summed E-state index contributed by atoms with van der Waals surface area (Å²) in [4.78, 5) is 35.9. The lowest BCUT2D eigenvalue weighted by molar-refractivity contribution is -0.139. The van der Waals surface area contributed by atoms with Crippen LogP contribution in [-0.2, 0) is 16.1 Å². The maximum absolute atomic E-state index is 13.7. The first-order valence-electron chi connectivity index (χ1n) is 10.1. The SMILES string of the molecule is O=C(CC[C@H](NCc1ccccc1F)C(=O)O)NC(=O)c1ccc(-c2ccccc2)cc1. The summed E-state index contributed by atoms with van der Waals surface area (Å²) in [5.41, 5.74) is 2.61. The number of carbonyl (C=O) groups excluding carboxylic acids is 2. The van der Waals surface area contributed by atoms with Crippen LogP contribution in [0.3, 0.4) is 0 Å². The van der Waals surface area contributed by atoms with Crippen LogP contribution in [-0.4, -0.2) is 28.9 Å². The number of halogens is 1. The van der Waals surface area contributed by atoms with Crippen LogP contribution in [0.25, 0.3) is 11.1 Å². The molecule has 0 aromatic heterocycles. The number of benzene rings is 3. The van der Waals surface area contributed by atoms with Gasteiger partial charge in [-0.2, -0.15) is 0 Å². The Bertz CT molecular complexity index is 1080. The van der Waals surface area contributed by atoms with E-state index in [4.69, 9.17) is 0 Å². The Balaban J connectivity index is 1.50. The van der Waals surface area contributed by atoms with Crippen molar-refractivity contribution in [1.82, 2.24) is 10.6 Å². The molecule has 1 atom stereocenters. The molecular formula is C25H23FN2O4. The van der Waals surface area contributed by atoms with Crippen molar-refractivity contribution in [3.8, 4) is 11.1 Å². The van der Waals surface area contributed by atoms with E-state index in [-0.39, 0.29) is 19.4 Å². The summed E-state index contributed by atoms with van der Waals surface area (Å²) in [6, 6.07) is 21.5. The van der Waals surface area contributed by atoms with Crippen LogP contribution in [0.1, 0.15) is 28.8 Å². The third-order valence-corrected chi connectivity index (χ3v) is 4.96. The van der Waals surface area contributed by atoms with Gasteiger partial charge in [0.2, 0.25) is 5.91 Å². The van der Waals surface area contributed by atoms with Gasteiger partial charge in [-0.1, -0.05) is 60.7 Å². The Morgan fingerprint density at radius 2 is 1.47 bits per heavy atom. The van der Waals surface area contributed by atoms with Crippen molar-refractivity contribution >= 4 is 17.8 Å². The molecule has 0 heterocycles. The van der Waals surface area contributed by atoms with Crippen LogP contribution in [0.5, 0.6) is 0 Å². The molecule has 2 amide bonds. The van der Waals surface area contributed by atoms with Gasteiger partial charge in [-0.15, -0.1) is 0 Å². The number of aliphatic carboxylic acids is 1. The molecule has 3 rings (SSSR count). The standard InChI is InChI=1S/C25H23FN2O4/c26-21-9-5-4-8-20(21)16-27-22(25(31)32)14-15-23(29)28-24(30)19-12-10-18(11-13-19)17-6-2-1-3-7-17/h1-13,22,27H,14-16H2,(H,31,32)(H,28,29,30)/t22-/m0/s1. The van der Waals surface area contributed by atoms with Crippen molar-refractivity contribution in [3.05, 3.63) is 95.8 Å². The minimum absolute atomic E-state index is 0.0119. The lowest BCUT2D eigenvalue weighted by Crippen LogP contribution is -2.38. The highest BCUT2D eigenvalue weighted by Gasteiger charge is 2.20. The van der Waals surface area contributed by atoms with Crippen LogP contribution in [0.15, 0.2) is 78.9 Å². The zero-order valence-electron chi connectivity index (χ0n) is 17.3. The zero-order valence-corrected chi connectivity index (χ0v) is 17.3. The second kappa shape index (κ2) is 11.0. The summed E-state index contributed by atoms with van der Waals surface area (Å²) in [6.45, 7) is 0.0119. The van der Waals surface area contributed by atoms with Crippen LogP contribution in [0.2, 0.25) is 0 Å². The third-order valence-electron chi connectivity index (χ3n) is 4.96. The molecule has 6 nitrogen and oxygen atoms in total. The lowest BCUT2D eigenvalue weighted by atomic mass is 10.0. The predicted molar refractivity (Wildman–Crippen MR) is 118 cm³/mol. The van der Waals surface area contributed by atoms with E-state index < -0.39 is 29.6 Å². The molecule has 7 heteroatoms. The molecular weight excluding hydrogens is 411 g/mol. The molecule has 3 N–H and O–H groups in total. The average molecular weight is 434 g/mol. The van der Waals surface area contributed by atoms with Gasteiger partial charge in [0.15, 0.2) is 0 Å². The zero-order chi connectivity index (χ0) is 22.9. The van der Waals surface area contributed by atoms with Crippen molar-refractivity contribution in [3.63, 3.8) is 0 Å². The molecule has 0 fully saturated rings. The Morgan fingerprint density at radius 1 is 0.844 bits per heavy atom. The molecule has 0 unspecified atom stereocenters. The second-order valence-electron chi connectivity index (χ2n) is 7.22. The van der Waals surface area contributed by atoms with Crippen LogP contribution < -0.4 is 10.6 Å². The maximum atomic E-state index is 13.7. The summed E-state index contributed by atoms with van der Waals surface area (Å²) in [6.07, 6.45) is -0.217. The van der Waals surface area contributed by atoms with Crippen molar-refractivity contribution in [2.45, 2.75) is 25.4 Å². The molecule has 0 saturated heterocycles. The first-order valence-corrected chi connectivity index (χ1v) is 10.1. The molecule has 0 aliphatic rings. The summed E-state index contributed by atoms with van der Waals surface area (Å²) < 4.78 is 13.7. The number of nitrogens with one attached hydrogen (secondary N) is 2. The van der Waals surface area contributed by atoms with E-state index in [2.05, 4.69) is 10.6 Å². The fourth-order valence-electron chi connectivity index (χ4n) is 3.17. The first kappa shape index (κ1) is 22.8. The topological polar surface area (TPSA) is 95.5 Å². The minimum atomic E-state index is -1.16. The number of carboxylic acid groups (broad SMARTS) is 1. The number of carbonyl (C=O) groups is 3. The Hall–Kier alpha value is -3.84. The molecule has 0 aliphatic heterocycles. The van der Waals surface area contributed by atoms with Crippen molar-refractivity contribution in [2.75, 3.05) is 0 Å². The molecule has 0 radical (unpaired) electrons. The number of hydrogen-bond acceptors (Lipinski definition) is 4. The summed E-state index contributed by atoms with van der Waals surface area (Å²) in [7, 11) is 0. The van der Waals surface area contributed by atoms with Crippen LogP contribution in [0, 0.1) is 5.82 Å². The van der Waals surface area contributed by atoms with Gasteiger partial charge in [-0.3, -0.25) is 19.7 Å². The van der Waals surface area contributed by atoms with E-state index in [0.29, 0.717) is 11.1 Å². The second-order valence-corrected chi connectivity index (χ2v) is 7.22. The molecule has 0 spiro atoms. The van der Waals surface area contributed by atoms with Gasteiger partial charge in [-0.25, -0.2) is 4.39 Å². The van der Waals surface area contributed by atoms with E-state index in [9.17, 15) is 23.9 Å². The molecule has 164 valence electrons. The fourth-order valence-corrected chi connectivity index (χ4v) is 3.17. The fraction of sp³-hybridized carbons (Fsp3) is 0.160. The molecule has 3 aromatic rings. The number of rotatable bonds is 9. The molecule has 32 heavy (non-hydrogen) atoms. The highest BCUT2D eigenvalue weighted by atomic mass is 19.1. The molecule has 3 aromatic carbocycles. The van der Waals surface area contributed by atoms with E-state index in [0.717, 1.165) is 11.1 Å². The summed E-state index contributed by atoms with van der Waals surface area (Å²) in [5, 5.41) is 14.4. The van der Waals surface area contributed by atoms with E-state index in [1.807, 2.05) is 30.3 Å². The number of carboxylic acids is 1. The van der Waals surface area contributed by atoms with Gasteiger partial charge in [0.05, 0.1) is 0 Å². The number of imide groups is 1. The lowest BCUT2D eigenvalue weighted by Gasteiger charge is -2.14. The van der Waals surface area contributed by atoms with Crippen molar-refractivity contribution in [1.29, 1.82) is 0 Å². The van der Waals surface area contributed by atoms with Crippen LogP contribution in [0.4, 0.5) is 4.39 Å². The Labute approximate surface area is 185 Å². The molecule has 0 saturated carbocycles. The number of amides is 2. The van der Waals surface area contributed by atoms with Gasteiger partial charge in [0, 0.05) is 24.1 Å². The van der Waals surface area contributed by atoms with Gasteiger partial charge in [-0.05, 0) is 35.7 Å². The van der Waals surface area contributed by atoms with Crippen molar-refractivity contribution in [2.24, 2.45) is 0 Å². The monoisotopic (exact) mass is 434 g/mol. The quantitative estimate of drug-likeness (QED) is 0.477. The average Bonchev–Trinajstić information content (AvgIpc) is 2.80. The molecule has 0 aliphatic carbocycles. The largest absolute Gasteiger partial charge is 0.480 e. The highest BCUT2D eigenvalue weighted by molar-refractivity contribution is 6.04. The first-order chi connectivity index (χ1) is 15.4. The summed E-state index contributed by atoms with van der Waals surface area (Å²) >= 11 is 0.